The van der Waals surface area contributed by atoms with Gasteiger partial charge >= 0.3 is 6.03 Å². The molecule has 1 fully saturated rings. The number of methoxy groups -OCH3 is 1. The number of morpholine rings is 1. The van der Waals surface area contributed by atoms with Crippen molar-refractivity contribution in [3.05, 3.63) is 41.6 Å². The van der Waals surface area contributed by atoms with Crippen LogP contribution in [0.4, 0.5) is 20.7 Å². The molecule has 0 aliphatic carbocycles. The van der Waals surface area contributed by atoms with E-state index in [1.54, 1.807) is 14.0 Å². The van der Waals surface area contributed by atoms with Gasteiger partial charge in [-0.2, -0.15) is 0 Å². The zero-order valence-electron chi connectivity index (χ0n) is 24.6. The smallest absolute Gasteiger partial charge is 0.320 e. The van der Waals surface area contributed by atoms with Crippen LogP contribution in [-0.2, 0) is 4.74 Å². The normalized spacial score (nSPS) is 17.5. The summed E-state index contributed by atoms with van der Waals surface area (Å²) in [5.74, 6) is 1.82. The summed E-state index contributed by atoms with van der Waals surface area (Å²) in [6, 6.07) is 5.54. The molecule has 43 heavy (non-hydrogen) atoms. The number of rotatable bonds is 10. The Morgan fingerprint density at radius 3 is 2.65 bits per heavy atom. The number of benzene rings is 1. The zero-order chi connectivity index (χ0) is 30.3. The van der Waals surface area contributed by atoms with Crippen molar-refractivity contribution in [3.8, 4) is 11.5 Å². The van der Waals surface area contributed by atoms with E-state index in [1.165, 1.54) is 25.3 Å². The average molecular weight is 597 g/mol. The van der Waals surface area contributed by atoms with Crippen molar-refractivity contribution in [2.75, 3.05) is 65.0 Å². The van der Waals surface area contributed by atoms with Crippen molar-refractivity contribution in [2.24, 2.45) is 9.98 Å². The third kappa shape index (κ3) is 7.20. The van der Waals surface area contributed by atoms with E-state index in [-0.39, 0.29) is 11.4 Å². The van der Waals surface area contributed by atoms with E-state index >= 15 is 0 Å². The van der Waals surface area contributed by atoms with Crippen molar-refractivity contribution < 1.29 is 28.2 Å². The number of aromatic nitrogens is 1. The number of pyridine rings is 1. The number of carbonyl (C=O) groups is 2. The van der Waals surface area contributed by atoms with Gasteiger partial charge in [-0.3, -0.25) is 30.2 Å². The van der Waals surface area contributed by atoms with Crippen LogP contribution in [0.1, 0.15) is 36.2 Å². The van der Waals surface area contributed by atoms with Crippen molar-refractivity contribution in [3.63, 3.8) is 0 Å². The van der Waals surface area contributed by atoms with E-state index in [1.807, 2.05) is 17.0 Å². The molecule has 0 radical (unpaired) electrons. The molecular weight excluding hydrogens is 559 g/mol. The molecule has 3 amide bonds. The maximum absolute atomic E-state index is 13.3. The predicted octanol–water partition coefficient (Wildman–Crippen LogP) is 2.55. The molecule has 3 N–H and O–H groups in total. The Labute approximate surface area is 249 Å². The van der Waals surface area contributed by atoms with Crippen LogP contribution in [0.15, 0.2) is 40.4 Å². The van der Waals surface area contributed by atoms with Crippen LogP contribution in [0.5, 0.6) is 11.5 Å². The number of alkyl halides is 1. The molecule has 3 aliphatic heterocycles. The van der Waals surface area contributed by atoms with Gasteiger partial charge in [0.25, 0.3) is 5.91 Å². The molecule has 2 atom stereocenters. The van der Waals surface area contributed by atoms with Crippen LogP contribution in [0.2, 0.25) is 0 Å². The van der Waals surface area contributed by atoms with Crippen molar-refractivity contribution >= 4 is 35.2 Å². The summed E-state index contributed by atoms with van der Waals surface area (Å²) < 4.78 is 30.6. The third-order valence-electron chi connectivity index (χ3n) is 7.37. The maximum Gasteiger partial charge on any atom is 0.320 e. The van der Waals surface area contributed by atoms with Gasteiger partial charge in [0.1, 0.15) is 23.5 Å². The van der Waals surface area contributed by atoms with E-state index in [4.69, 9.17) is 19.2 Å². The van der Waals surface area contributed by atoms with Crippen LogP contribution < -0.4 is 25.4 Å². The second kappa shape index (κ2) is 13.8. The van der Waals surface area contributed by atoms with E-state index in [0.717, 1.165) is 44.8 Å². The lowest BCUT2D eigenvalue weighted by Gasteiger charge is -2.29. The number of amidine groups is 1. The number of hydrogen-bond acceptors (Lipinski definition) is 10. The van der Waals surface area contributed by atoms with Gasteiger partial charge in [0, 0.05) is 37.9 Å². The number of amides is 3. The van der Waals surface area contributed by atoms with Gasteiger partial charge in [0.2, 0.25) is 5.96 Å². The number of halogens is 1. The van der Waals surface area contributed by atoms with E-state index in [2.05, 4.69) is 30.8 Å². The number of urea groups is 1. The largest absolute Gasteiger partial charge is 0.491 e. The lowest BCUT2D eigenvalue weighted by Crippen LogP contribution is -2.47. The summed E-state index contributed by atoms with van der Waals surface area (Å²) in [4.78, 5) is 43.0. The van der Waals surface area contributed by atoms with Crippen LogP contribution in [0, 0.1) is 0 Å². The molecule has 0 spiro atoms. The molecule has 1 aromatic heterocycles. The molecule has 3 aliphatic rings. The second-order valence-electron chi connectivity index (χ2n) is 10.4. The number of nitrogens with one attached hydrogen (secondary N) is 3. The summed E-state index contributed by atoms with van der Waals surface area (Å²) in [6.07, 6.45) is 0.991. The Hall–Kier alpha value is -4.30. The summed E-state index contributed by atoms with van der Waals surface area (Å²) >= 11 is 0. The minimum absolute atomic E-state index is 0.216. The van der Waals surface area contributed by atoms with Crippen LogP contribution in [0.3, 0.4) is 0 Å². The van der Waals surface area contributed by atoms with Crippen molar-refractivity contribution in [1.29, 1.82) is 0 Å². The van der Waals surface area contributed by atoms with E-state index in [9.17, 15) is 14.0 Å². The summed E-state index contributed by atoms with van der Waals surface area (Å²) in [5, 5.41) is 7.88. The molecule has 230 valence electrons. The van der Waals surface area contributed by atoms with Crippen LogP contribution in [-0.4, -0.2) is 110 Å². The maximum atomic E-state index is 13.3. The molecule has 2 unspecified atom stereocenters. The van der Waals surface area contributed by atoms with Gasteiger partial charge in [0.15, 0.2) is 11.5 Å². The molecule has 5 rings (SSSR count). The highest BCUT2D eigenvalue weighted by Crippen LogP contribution is 2.43. The lowest BCUT2D eigenvalue weighted by molar-refractivity contribution is 0.0357. The Morgan fingerprint density at radius 1 is 1.12 bits per heavy atom. The SMILES string of the molecule is COc1c(OCCCN2CCOCC2)ccc2c1N=C(NC(=O)c1ccc(NC(=O)NC(C)C(C)F)nc1)N1CCN=C21. The standard InChI is InChI=1S/C29H37FN8O5/c1-18(30)19(2)33-29(40)34-23-8-5-20(17-32-23)27(39)36-28-35-24-21(26-31-9-11-38(26)28)6-7-22(25(24)41-3)43-14-4-10-37-12-15-42-16-13-37/h5-8,17-19H,4,9-16H2,1-3H3,(H,35,36,39)(H2,32,33,34,40). The number of carbonyl (C=O) groups excluding carboxylic acids is 2. The molecule has 0 saturated carbocycles. The first-order valence-electron chi connectivity index (χ1n) is 14.4. The van der Waals surface area contributed by atoms with Gasteiger partial charge in [0.05, 0.1) is 45.1 Å². The predicted molar refractivity (Wildman–Crippen MR) is 159 cm³/mol. The van der Waals surface area contributed by atoms with E-state index in [0.29, 0.717) is 48.7 Å². The van der Waals surface area contributed by atoms with Gasteiger partial charge < -0.3 is 19.5 Å². The molecule has 2 aromatic rings. The minimum Gasteiger partial charge on any atom is -0.491 e. The van der Waals surface area contributed by atoms with E-state index < -0.39 is 24.2 Å². The molecular formula is C29H37FN8O5. The Balaban J connectivity index is 1.27. The van der Waals surface area contributed by atoms with Crippen molar-refractivity contribution in [2.45, 2.75) is 32.5 Å². The number of hydrogen-bond donors (Lipinski definition) is 3. The van der Waals surface area contributed by atoms with Gasteiger partial charge in [-0.25, -0.2) is 19.2 Å². The number of anilines is 1. The average Bonchev–Trinajstić information content (AvgIpc) is 3.50. The number of ether oxygens (including phenoxy) is 3. The monoisotopic (exact) mass is 596 g/mol. The Kier molecular flexibility index (Phi) is 9.67. The zero-order valence-corrected chi connectivity index (χ0v) is 24.6. The molecule has 1 aromatic carbocycles. The summed E-state index contributed by atoms with van der Waals surface area (Å²) in [6.45, 7) is 8.85. The molecule has 4 heterocycles. The van der Waals surface area contributed by atoms with Gasteiger partial charge in [-0.15, -0.1) is 0 Å². The van der Waals surface area contributed by atoms with Gasteiger partial charge in [-0.1, -0.05) is 0 Å². The Morgan fingerprint density at radius 2 is 1.93 bits per heavy atom. The van der Waals surface area contributed by atoms with Crippen LogP contribution >= 0.6 is 0 Å². The summed E-state index contributed by atoms with van der Waals surface area (Å²) in [5.41, 5.74) is 1.58. The minimum atomic E-state index is -1.20. The van der Waals surface area contributed by atoms with Gasteiger partial charge in [-0.05, 0) is 44.5 Å². The first-order valence-corrected chi connectivity index (χ1v) is 14.4. The fraction of sp³-hybridized carbons (Fsp3) is 0.483. The highest BCUT2D eigenvalue weighted by atomic mass is 19.1. The quantitative estimate of drug-likeness (QED) is 0.356. The topological polar surface area (TPSA) is 142 Å². The molecule has 14 heteroatoms. The van der Waals surface area contributed by atoms with Crippen molar-refractivity contribution in [1.82, 2.24) is 25.4 Å². The third-order valence-corrected chi connectivity index (χ3v) is 7.37. The first-order chi connectivity index (χ1) is 20.8. The highest BCUT2D eigenvalue weighted by molar-refractivity contribution is 6.20. The first kappa shape index (κ1) is 30.2. The fourth-order valence-corrected chi connectivity index (χ4v) is 4.85. The molecule has 1 saturated heterocycles. The fourth-order valence-electron chi connectivity index (χ4n) is 4.85. The summed E-state index contributed by atoms with van der Waals surface area (Å²) in [7, 11) is 1.56. The molecule has 0 bridgehead atoms. The highest BCUT2D eigenvalue weighted by Gasteiger charge is 2.33. The number of nitrogens with zero attached hydrogens (tertiary/aromatic N) is 5. The number of aliphatic imine (C=N–C) groups is 2. The number of guanidine groups is 1. The molecule has 13 nitrogen and oxygen atoms in total. The lowest BCUT2D eigenvalue weighted by atomic mass is 10.1. The second-order valence-corrected chi connectivity index (χ2v) is 10.4. The van der Waals surface area contributed by atoms with Crippen LogP contribution in [0.25, 0.3) is 0 Å². The Bertz CT molecular complexity index is 1380. The number of fused-ring (bicyclic) bond motifs is 3.